The second-order valence-corrected chi connectivity index (χ2v) is 8.23. The maximum atomic E-state index is 13.0. The van der Waals surface area contributed by atoms with Crippen molar-refractivity contribution in [3.05, 3.63) is 35.6 Å². The molecule has 2 unspecified atom stereocenters. The van der Waals surface area contributed by atoms with E-state index in [2.05, 4.69) is 17.1 Å². The summed E-state index contributed by atoms with van der Waals surface area (Å²) in [5, 5.41) is 13.9. The van der Waals surface area contributed by atoms with Crippen molar-refractivity contribution < 1.29 is 9.50 Å². The Morgan fingerprint density at radius 1 is 1.44 bits per heavy atom. The fourth-order valence-corrected chi connectivity index (χ4v) is 4.80. The minimum atomic E-state index is -0.640. The lowest BCUT2D eigenvalue weighted by atomic mass is 9.99. The zero-order valence-electron chi connectivity index (χ0n) is 14.9. The minimum Gasteiger partial charge on any atom is -0.387 e. The molecule has 2 fully saturated rings. The summed E-state index contributed by atoms with van der Waals surface area (Å²) in [4.78, 5) is 7.02. The van der Waals surface area contributed by atoms with Gasteiger partial charge < -0.3 is 15.3 Å². The van der Waals surface area contributed by atoms with Crippen LogP contribution in [0.2, 0.25) is 0 Å². The van der Waals surface area contributed by atoms with E-state index in [1.807, 2.05) is 12.1 Å². The second kappa shape index (κ2) is 8.41. The maximum absolute atomic E-state index is 13.0. The molecule has 0 amide bonds. The summed E-state index contributed by atoms with van der Waals surface area (Å²) in [5.74, 6) is 3.09. The van der Waals surface area contributed by atoms with Crippen LogP contribution in [0.5, 0.6) is 0 Å². The summed E-state index contributed by atoms with van der Waals surface area (Å²) < 4.78 is 13.0. The predicted molar refractivity (Wildman–Crippen MR) is 103 cm³/mol. The molecule has 0 spiro atoms. The number of guanidine groups is 1. The summed E-state index contributed by atoms with van der Waals surface area (Å²) in [6.45, 7) is 5.30. The van der Waals surface area contributed by atoms with Crippen LogP contribution in [0.3, 0.4) is 0 Å². The lowest BCUT2D eigenvalue weighted by molar-refractivity contribution is 0.0776. The Labute approximate surface area is 153 Å². The molecule has 0 aromatic heterocycles. The molecule has 2 atom stereocenters. The number of rotatable bonds is 5. The molecule has 1 aromatic carbocycles. The zero-order valence-corrected chi connectivity index (χ0v) is 15.7. The Kier molecular flexibility index (Phi) is 6.23. The third-order valence-electron chi connectivity index (χ3n) is 4.96. The van der Waals surface area contributed by atoms with Crippen molar-refractivity contribution in [1.29, 1.82) is 0 Å². The standard InChI is InChI=1S/C19H28FN3OS/c1-2-21-18(22-13-19(24)8-10-25-14-19)23-9-7-16(12-23)11-15-3-5-17(20)6-4-15/h3-6,16,24H,2,7-14H2,1H3,(H,21,22). The molecule has 0 aliphatic carbocycles. The lowest BCUT2D eigenvalue weighted by Crippen LogP contribution is -2.42. The monoisotopic (exact) mass is 365 g/mol. The van der Waals surface area contributed by atoms with Gasteiger partial charge in [0.25, 0.3) is 0 Å². The van der Waals surface area contributed by atoms with Gasteiger partial charge in [-0.2, -0.15) is 11.8 Å². The van der Waals surface area contributed by atoms with Crippen LogP contribution in [0.15, 0.2) is 29.3 Å². The number of thioether (sulfide) groups is 1. The van der Waals surface area contributed by atoms with Crippen LogP contribution in [0.4, 0.5) is 4.39 Å². The highest BCUT2D eigenvalue weighted by molar-refractivity contribution is 7.99. The second-order valence-electron chi connectivity index (χ2n) is 7.13. The van der Waals surface area contributed by atoms with Crippen molar-refractivity contribution >= 4 is 17.7 Å². The molecule has 2 aliphatic heterocycles. The van der Waals surface area contributed by atoms with Crippen molar-refractivity contribution in [3.63, 3.8) is 0 Å². The molecule has 2 aliphatic rings. The van der Waals surface area contributed by atoms with Gasteiger partial charge in [0.2, 0.25) is 0 Å². The van der Waals surface area contributed by atoms with Crippen LogP contribution in [-0.2, 0) is 6.42 Å². The predicted octanol–water partition coefficient (Wildman–Crippen LogP) is 2.52. The van der Waals surface area contributed by atoms with Crippen LogP contribution >= 0.6 is 11.8 Å². The minimum absolute atomic E-state index is 0.179. The van der Waals surface area contributed by atoms with E-state index in [-0.39, 0.29) is 5.82 Å². The number of halogens is 1. The molecule has 1 aromatic rings. The zero-order chi connectivity index (χ0) is 17.7. The Balaban J connectivity index is 1.58. The third kappa shape index (κ3) is 5.11. The molecule has 2 saturated heterocycles. The molecule has 2 N–H and O–H groups in total. The summed E-state index contributed by atoms with van der Waals surface area (Å²) in [6.07, 6.45) is 2.91. The first-order valence-corrected chi connectivity index (χ1v) is 10.3. The number of hydrogen-bond donors (Lipinski definition) is 2. The molecule has 25 heavy (non-hydrogen) atoms. The van der Waals surface area contributed by atoms with Gasteiger partial charge in [0.1, 0.15) is 5.82 Å². The van der Waals surface area contributed by atoms with Gasteiger partial charge in [-0.15, -0.1) is 0 Å². The van der Waals surface area contributed by atoms with Gasteiger partial charge >= 0.3 is 0 Å². The summed E-state index contributed by atoms with van der Waals surface area (Å²) >= 11 is 1.80. The van der Waals surface area contributed by atoms with Crippen molar-refractivity contribution in [1.82, 2.24) is 10.2 Å². The first kappa shape index (κ1) is 18.5. The van der Waals surface area contributed by atoms with Crippen LogP contribution in [0.1, 0.15) is 25.3 Å². The quantitative estimate of drug-likeness (QED) is 0.622. The number of hydrogen-bond acceptors (Lipinski definition) is 3. The Morgan fingerprint density at radius 3 is 2.92 bits per heavy atom. The Morgan fingerprint density at radius 2 is 2.24 bits per heavy atom. The molecule has 6 heteroatoms. The average Bonchev–Trinajstić information content (AvgIpc) is 3.23. The van der Waals surface area contributed by atoms with Gasteiger partial charge in [-0.05, 0) is 55.6 Å². The Hall–Kier alpha value is -1.27. The molecule has 3 rings (SSSR count). The van der Waals surface area contributed by atoms with E-state index in [1.54, 1.807) is 11.8 Å². The van der Waals surface area contributed by atoms with E-state index in [0.29, 0.717) is 12.5 Å². The maximum Gasteiger partial charge on any atom is 0.194 e. The third-order valence-corrected chi connectivity index (χ3v) is 6.20. The number of nitrogens with one attached hydrogen (secondary N) is 1. The highest BCUT2D eigenvalue weighted by atomic mass is 32.2. The van der Waals surface area contributed by atoms with Crippen molar-refractivity contribution in [2.75, 3.05) is 37.7 Å². The normalized spacial score (nSPS) is 27.1. The smallest absolute Gasteiger partial charge is 0.194 e. The van der Waals surface area contributed by atoms with Crippen LogP contribution in [-0.4, -0.2) is 59.3 Å². The largest absolute Gasteiger partial charge is 0.387 e. The highest BCUT2D eigenvalue weighted by Gasteiger charge is 2.32. The first-order chi connectivity index (χ1) is 12.1. The number of aliphatic hydroxyl groups is 1. The fourth-order valence-electron chi connectivity index (χ4n) is 3.51. The topological polar surface area (TPSA) is 47.9 Å². The van der Waals surface area contributed by atoms with Gasteiger partial charge in [0.15, 0.2) is 5.96 Å². The van der Waals surface area contributed by atoms with Crippen LogP contribution in [0.25, 0.3) is 0 Å². The van der Waals surface area contributed by atoms with Gasteiger partial charge in [-0.1, -0.05) is 12.1 Å². The molecule has 0 bridgehead atoms. The fraction of sp³-hybridized carbons (Fsp3) is 0.632. The summed E-state index contributed by atoms with van der Waals surface area (Å²) in [5.41, 5.74) is 0.547. The number of benzene rings is 1. The van der Waals surface area contributed by atoms with Crippen LogP contribution < -0.4 is 5.32 Å². The van der Waals surface area contributed by atoms with E-state index in [0.717, 1.165) is 56.4 Å². The molecule has 4 nitrogen and oxygen atoms in total. The lowest BCUT2D eigenvalue weighted by Gasteiger charge is -2.24. The highest BCUT2D eigenvalue weighted by Crippen LogP contribution is 2.28. The average molecular weight is 366 g/mol. The van der Waals surface area contributed by atoms with Gasteiger partial charge in [0, 0.05) is 25.4 Å². The number of aliphatic imine (C=N–C) groups is 1. The van der Waals surface area contributed by atoms with Crippen LogP contribution in [0, 0.1) is 11.7 Å². The molecular weight excluding hydrogens is 337 g/mol. The van der Waals surface area contributed by atoms with Gasteiger partial charge in [-0.3, -0.25) is 4.99 Å². The number of nitrogens with zero attached hydrogens (tertiary/aromatic N) is 2. The summed E-state index contributed by atoms with van der Waals surface area (Å²) in [7, 11) is 0. The van der Waals surface area contributed by atoms with Crippen molar-refractivity contribution in [2.24, 2.45) is 10.9 Å². The van der Waals surface area contributed by atoms with E-state index in [1.165, 1.54) is 17.7 Å². The van der Waals surface area contributed by atoms with E-state index >= 15 is 0 Å². The van der Waals surface area contributed by atoms with E-state index in [4.69, 9.17) is 4.99 Å². The molecule has 0 radical (unpaired) electrons. The summed E-state index contributed by atoms with van der Waals surface area (Å²) in [6, 6.07) is 6.83. The molecule has 138 valence electrons. The van der Waals surface area contributed by atoms with Crippen molar-refractivity contribution in [3.8, 4) is 0 Å². The molecule has 0 saturated carbocycles. The number of likely N-dealkylation sites (tertiary alicyclic amines) is 1. The molecular formula is C19H28FN3OS. The Bertz CT molecular complexity index is 587. The van der Waals surface area contributed by atoms with Gasteiger partial charge in [0.05, 0.1) is 12.1 Å². The van der Waals surface area contributed by atoms with Gasteiger partial charge in [-0.25, -0.2) is 4.39 Å². The SMILES string of the molecule is CCNC(=NCC1(O)CCSC1)N1CCC(Cc2ccc(F)cc2)C1. The van der Waals surface area contributed by atoms with E-state index in [9.17, 15) is 9.50 Å². The van der Waals surface area contributed by atoms with E-state index < -0.39 is 5.60 Å². The molecule has 2 heterocycles. The van der Waals surface area contributed by atoms with Crippen molar-refractivity contribution in [2.45, 2.75) is 31.8 Å². The first-order valence-electron chi connectivity index (χ1n) is 9.16.